The fraction of sp³-hybridized carbons (Fsp3) is 0.391. The first-order valence-electron chi connectivity index (χ1n) is 18.7. The normalized spacial score (nSPS) is 31.8. The van der Waals surface area contributed by atoms with Crippen LogP contribution in [0.5, 0.6) is 0 Å². The summed E-state index contributed by atoms with van der Waals surface area (Å²) in [6.07, 6.45) is 48.6. The average Bonchev–Trinajstić information content (AvgIpc) is 3.13. The molecule has 8 atom stereocenters. The molecule has 0 spiro atoms. The molecule has 8 unspecified atom stereocenters. The summed E-state index contributed by atoms with van der Waals surface area (Å²) in [5.74, 6) is 2.45. The molecule has 0 saturated carbocycles. The highest BCUT2D eigenvalue weighted by Crippen LogP contribution is 2.39. The van der Waals surface area contributed by atoms with Crippen molar-refractivity contribution >= 4 is 5.69 Å². The van der Waals surface area contributed by atoms with Crippen molar-refractivity contribution < 1.29 is 0 Å². The Labute approximate surface area is 290 Å². The molecule has 0 radical (unpaired) electrons. The third-order valence-electron chi connectivity index (χ3n) is 11.3. The fourth-order valence-electron chi connectivity index (χ4n) is 8.64. The summed E-state index contributed by atoms with van der Waals surface area (Å²) in [6, 6.07) is 12.2. The van der Waals surface area contributed by atoms with E-state index in [0.29, 0.717) is 47.7 Å². The van der Waals surface area contributed by atoms with Crippen molar-refractivity contribution in [1.29, 1.82) is 0 Å². The predicted octanol–water partition coefficient (Wildman–Crippen LogP) is 11.1. The van der Waals surface area contributed by atoms with E-state index in [-0.39, 0.29) is 0 Å². The van der Waals surface area contributed by atoms with E-state index in [2.05, 4.69) is 165 Å². The second-order valence-corrected chi connectivity index (χ2v) is 14.9. The first-order chi connectivity index (χ1) is 23.5. The second kappa shape index (κ2) is 15.1. The van der Waals surface area contributed by atoms with Gasteiger partial charge in [0.05, 0.1) is 6.04 Å². The van der Waals surface area contributed by atoms with E-state index in [0.717, 1.165) is 38.5 Å². The van der Waals surface area contributed by atoms with Gasteiger partial charge in [-0.05, 0) is 103 Å². The lowest BCUT2D eigenvalue weighted by atomic mass is 9.76. The summed E-state index contributed by atoms with van der Waals surface area (Å²) in [6.45, 7) is 7.15. The van der Waals surface area contributed by atoms with Gasteiger partial charge in [-0.25, -0.2) is 0 Å². The molecule has 48 heavy (non-hydrogen) atoms. The third-order valence-corrected chi connectivity index (χ3v) is 11.3. The van der Waals surface area contributed by atoms with Crippen molar-refractivity contribution in [1.82, 2.24) is 5.32 Å². The summed E-state index contributed by atoms with van der Waals surface area (Å²) in [4.78, 5) is 2.57. The van der Waals surface area contributed by atoms with Gasteiger partial charge >= 0.3 is 0 Å². The van der Waals surface area contributed by atoms with Crippen molar-refractivity contribution in [3.63, 3.8) is 0 Å². The molecule has 2 heteroatoms. The number of nitrogens with zero attached hydrogens (tertiary/aromatic N) is 1. The number of para-hydroxylation sites is 1. The molecule has 0 fully saturated rings. The van der Waals surface area contributed by atoms with Crippen molar-refractivity contribution in [2.75, 3.05) is 4.90 Å². The van der Waals surface area contributed by atoms with Gasteiger partial charge in [-0.3, -0.25) is 0 Å². The molecule has 6 aliphatic rings. The van der Waals surface area contributed by atoms with E-state index in [4.69, 9.17) is 0 Å². The lowest BCUT2D eigenvalue weighted by Gasteiger charge is -2.39. The summed E-state index contributed by atoms with van der Waals surface area (Å²) in [5, 5.41) is 4.13. The molecule has 2 nitrogen and oxygen atoms in total. The first kappa shape index (κ1) is 32.7. The van der Waals surface area contributed by atoms with Gasteiger partial charge in [-0.15, -0.1) is 0 Å². The van der Waals surface area contributed by atoms with Crippen LogP contribution in [0.25, 0.3) is 0 Å². The zero-order valence-electron chi connectivity index (χ0n) is 29.2. The fourth-order valence-corrected chi connectivity index (χ4v) is 8.64. The second-order valence-electron chi connectivity index (χ2n) is 14.9. The summed E-state index contributed by atoms with van der Waals surface area (Å²) < 4.78 is 0. The molecule has 1 aromatic carbocycles. The maximum absolute atomic E-state index is 4.13. The minimum atomic E-state index is 0.316. The Hall–Kier alpha value is -3.88. The lowest BCUT2D eigenvalue weighted by molar-refractivity contribution is 0.374. The van der Waals surface area contributed by atoms with Gasteiger partial charge in [-0.2, -0.15) is 0 Å². The highest BCUT2D eigenvalue weighted by atomic mass is 15.2. The van der Waals surface area contributed by atoms with E-state index in [1.165, 1.54) is 40.1 Å². The highest BCUT2D eigenvalue weighted by Gasteiger charge is 2.31. The van der Waals surface area contributed by atoms with Gasteiger partial charge in [0.15, 0.2) is 0 Å². The zero-order valence-corrected chi connectivity index (χ0v) is 29.2. The standard InChI is InChI=1S/C46H54N2/c1-33-14-13-17-40(30-33)46(37-15-7-4-8-16-37)47-41-26-22-36(23-27-41)38-24-28-44(34(2)31-38)39-25-29-45(35(3)32-39)48(42-18-9-5-10-19-42)43-20-11-6-12-21-43/h4-11,13,15,17-20,22,24-25,28-35,37,41,44-47H,12,14,16,21,23,26-27H2,1-3H3. The topological polar surface area (TPSA) is 15.3 Å². The van der Waals surface area contributed by atoms with Crippen LogP contribution in [0.2, 0.25) is 0 Å². The molecule has 6 aliphatic carbocycles. The summed E-state index contributed by atoms with van der Waals surface area (Å²) in [7, 11) is 0. The molecule has 1 aromatic rings. The van der Waals surface area contributed by atoms with Crippen LogP contribution in [0.4, 0.5) is 5.69 Å². The summed E-state index contributed by atoms with van der Waals surface area (Å²) >= 11 is 0. The molecule has 0 aliphatic heterocycles. The highest BCUT2D eigenvalue weighted by molar-refractivity contribution is 5.57. The van der Waals surface area contributed by atoms with Crippen molar-refractivity contribution in [2.45, 2.75) is 83.8 Å². The number of allylic oxidation sites excluding steroid dienone is 16. The Morgan fingerprint density at radius 3 is 2.38 bits per heavy atom. The van der Waals surface area contributed by atoms with Gasteiger partial charge in [0.25, 0.3) is 0 Å². The molecule has 0 saturated heterocycles. The minimum Gasteiger partial charge on any atom is -0.338 e. The van der Waals surface area contributed by atoms with Crippen LogP contribution in [0, 0.1) is 29.6 Å². The van der Waals surface area contributed by atoms with Gasteiger partial charge in [0.2, 0.25) is 0 Å². The molecule has 0 heterocycles. The smallest absolute Gasteiger partial charge is 0.0582 e. The molecule has 0 amide bonds. The molecular formula is C46H54N2. The number of anilines is 1. The molecule has 0 bridgehead atoms. The number of rotatable bonds is 9. The Morgan fingerprint density at radius 1 is 0.771 bits per heavy atom. The van der Waals surface area contributed by atoms with Crippen LogP contribution in [0.1, 0.15) is 65.7 Å². The maximum Gasteiger partial charge on any atom is 0.0582 e. The number of hydrogen-bond acceptors (Lipinski definition) is 2. The van der Waals surface area contributed by atoms with Crippen molar-refractivity contribution in [3.8, 4) is 0 Å². The van der Waals surface area contributed by atoms with Gasteiger partial charge in [0, 0.05) is 35.3 Å². The average molecular weight is 635 g/mol. The molecule has 7 rings (SSSR count). The first-order valence-corrected chi connectivity index (χ1v) is 18.7. The van der Waals surface area contributed by atoms with Crippen LogP contribution in [-0.4, -0.2) is 18.1 Å². The van der Waals surface area contributed by atoms with Gasteiger partial charge < -0.3 is 10.2 Å². The largest absolute Gasteiger partial charge is 0.338 e. The van der Waals surface area contributed by atoms with Crippen molar-refractivity contribution in [2.24, 2.45) is 29.6 Å². The number of nitrogens with one attached hydrogen (secondary N) is 1. The molecular weight excluding hydrogens is 581 g/mol. The Morgan fingerprint density at radius 2 is 1.67 bits per heavy atom. The Kier molecular flexibility index (Phi) is 10.3. The molecule has 248 valence electrons. The molecule has 0 aromatic heterocycles. The minimum absolute atomic E-state index is 0.316. The van der Waals surface area contributed by atoms with Gasteiger partial charge in [-0.1, -0.05) is 136 Å². The van der Waals surface area contributed by atoms with E-state index in [1.54, 1.807) is 0 Å². The SMILES string of the molecule is CC1C=C(C(NC2CC=C(C3=CC(C)C(C4=CC(C)C(N(C5=CC=CCC5)c5ccccc5)C=C4)C=C3)CC2)C2C=CC=CC2)C=CC1. The van der Waals surface area contributed by atoms with Crippen molar-refractivity contribution in [3.05, 3.63) is 162 Å². The van der Waals surface area contributed by atoms with E-state index in [9.17, 15) is 0 Å². The van der Waals surface area contributed by atoms with Gasteiger partial charge in [0.1, 0.15) is 0 Å². The van der Waals surface area contributed by atoms with Crippen LogP contribution in [0.15, 0.2) is 162 Å². The zero-order chi connectivity index (χ0) is 32.9. The number of benzene rings is 1. The van der Waals surface area contributed by atoms with E-state index < -0.39 is 0 Å². The third kappa shape index (κ3) is 7.40. The Bertz CT molecular complexity index is 1650. The number of hydrogen-bond donors (Lipinski definition) is 1. The Balaban J connectivity index is 1.00. The van der Waals surface area contributed by atoms with E-state index in [1.807, 2.05) is 0 Å². The summed E-state index contributed by atoms with van der Waals surface area (Å²) in [5.41, 5.74) is 8.61. The maximum atomic E-state index is 4.13. The monoisotopic (exact) mass is 634 g/mol. The van der Waals surface area contributed by atoms with Crippen LogP contribution in [0.3, 0.4) is 0 Å². The lowest BCUT2D eigenvalue weighted by Crippen LogP contribution is -2.44. The molecule has 1 N–H and O–H groups in total. The van der Waals surface area contributed by atoms with Crippen LogP contribution < -0.4 is 10.2 Å². The van der Waals surface area contributed by atoms with E-state index >= 15 is 0 Å². The van der Waals surface area contributed by atoms with Crippen LogP contribution >= 0.6 is 0 Å². The van der Waals surface area contributed by atoms with Crippen LogP contribution in [-0.2, 0) is 0 Å². The predicted molar refractivity (Wildman–Crippen MR) is 205 cm³/mol. The quantitative estimate of drug-likeness (QED) is 0.291.